The lowest BCUT2D eigenvalue weighted by Crippen LogP contribution is -2.49. The van der Waals surface area contributed by atoms with E-state index in [2.05, 4.69) is 37.0 Å². The number of aromatic amines is 1. The van der Waals surface area contributed by atoms with Crippen molar-refractivity contribution in [3.05, 3.63) is 53.7 Å². The van der Waals surface area contributed by atoms with Gasteiger partial charge in [-0.2, -0.15) is 0 Å². The van der Waals surface area contributed by atoms with Crippen LogP contribution in [0.4, 0.5) is 10.5 Å². The minimum Gasteiger partial charge on any atom is -0.493 e. The molecule has 1 fully saturated rings. The molecule has 0 aliphatic carbocycles. The number of fused-ring (bicyclic) bond motifs is 1. The smallest absolute Gasteiger partial charge is 0.324 e. The number of anilines is 1. The van der Waals surface area contributed by atoms with Gasteiger partial charge in [-0.3, -0.25) is 4.90 Å². The fourth-order valence-corrected chi connectivity index (χ4v) is 4.15. The molecule has 1 aliphatic heterocycles. The number of urea groups is 1. The highest BCUT2D eigenvalue weighted by atomic mass is 16.5. The first kappa shape index (κ1) is 21.1. The number of rotatable bonds is 8. The van der Waals surface area contributed by atoms with Crippen molar-refractivity contribution in [2.24, 2.45) is 0 Å². The fourth-order valence-electron chi connectivity index (χ4n) is 4.15. The van der Waals surface area contributed by atoms with Crippen molar-refractivity contribution in [1.82, 2.24) is 9.88 Å². The van der Waals surface area contributed by atoms with Crippen molar-refractivity contribution < 1.29 is 14.3 Å². The summed E-state index contributed by atoms with van der Waals surface area (Å²) in [6.45, 7) is 6.92. The fraction of sp³-hybridized carbons (Fsp3) is 0.400. The maximum Gasteiger partial charge on any atom is 0.324 e. The maximum absolute atomic E-state index is 13.4. The summed E-state index contributed by atoms with van der Waals surface area (Å²) >= 11 is 0. The predicted octanol–water partition coefficient (Wildman–Crippen LogP) is 5.50. The first-order valence-corrected chi connectivity index (χ1v) is 11.0. The number of hydrogen-bond donors (Lipinski definition) is 1. The van der Waals surface area contributed by atoms with Gasteiger partial charge >= 0.3 is 6.03 Å². The molecule has 6 nitrogen and oxygen atoms in total. The van der Waals surface area contributed by atoms with Crippen LogP contribution in [0.1, 0.15) is 37.3 Å². The molecule has 0 radical (unpaired) electrons. The highest BCUT2D eigenvalue weighted by molar-refractivity contribution is 5.93. The van der Waals surface area contributed by atoms with Crippen LogP contribution in [0.2, 0.25) is 0 Å². The van der Waals surface area contributed by atoms with E-state index in [4.69, 9.17) is 9.47 Å². The second-order valence-corrected chi connectivity index (χ2v) is 8.05. The van der Waals surface area contributed by atoms with Crippen LogP contribution in [0.3, 0.4) is 0 Å². The summed E-state index contributed by atoms with van der Waals surface area (Å²) in [5, 5.41) is 1.18. The topological polar surface area (TPSA) is 57.8 Å². The number of benzene rings is 2. The van der Waals surface area contributed by atoms with Gasteiger partial charge in [0.1, 0.15) is 0 Å². The number of H-pyrrole nitrogens is 1. The highest BCUT2D eigenvalue weighted by Crippen LogP contribution is 2.33. The van der Waals surface area contributed by atoms with Crippen molar-refractivity contribution in [2.45, 2.75) is 39.7 Å². The lowest BCUT2D eigenvalue weighted by atomic mass is 10.1. The Morgan fingerprint density at radius 3 is 2.77 bits per heavy atom. The Hall–Kier alpha value is -3.15. The predicted molar refractivity (Wildman–Crippen MR) is 124 cm³/mol. The van der Waals surface area contributed by atoms with Crippen LogP contribution in [0.15, 0.2) is 42.6 Å². The van der Waals surface area contributed by atoms with Gasteiger partial charge in [0.15, 0.2) is 11.5 Å². The Balaban J connectivity index is 1.55. The number of methoxy groups -OCH3 is 1. The summed E-state index contributed by atoms with van der Waals surface area (Å²) < 4.78 is 11.4. The van der Waals surface area contributed by atoms with Gasteiger partial charge in [-0.05, 0) is 49.1 Å². The molecule has 1 N–H and O–H groups in total. The number of amides is 2. The van der Waals surface area contributed by atoms with E-state index in [0.29, 0.717) is 31.2 Å². The third kappa shape index (κ3) is 4.33. The molecule has 0 unspecified atom stereocenters. The maximum atomic E-state index is 13.4. The Morgan fingerprint density at radius 2 is 1.97 bits per heavy atom. The number of carbonyl (C=O) groups is 1. The van der Waals surface area contributed by atoms with E-state index in [1.165, 1.54) is 10.9 Å². The van der Waals surface area contributed by atoms with E-state index in [1.807, 2.05) is 34.2 Å². The van der Waals surface area contributed by atoms with Gasteiger partial charge in [0, 0.05) is 48.5 Å². The molecule has 6 heteroatoms. The quantitative estimate of drug-likeness (QED) is 0.489. The van der Waals surface area contributed by atoms with Crippen LogP contribution in [0.25, 0.3) is 10.9 Å². The van der Waals surface area contributed by atoms with E-state index in [9.17, 15) is 4.79 Å². The molecule has 31 heavy (non-hydrogen) atoms. The molecule has 1 aromatic heterocycles. The lowest BCUT2D eigenvalue weighted by molar-refractivity contribution is 0.192. The number of unbranched alkanes of at least 4 members (excludes halogenated alkanes) is 1. The summed E-state index contributed by atoms with van der Waals surface area (Å²) in [6, 6.07) is 12.1. The SMILES string of the molecule is CCCCOc1cc(N2CCCN(Cc3ccc(C)c4[nH]ccc34)C2=O)ccc1OC. The Bertz CT molecular complexity index is 1060. The van der Waals surface area contributed by atoms with Gasteiger partial charge in [-0.15, -0.1) is 0 Å². The number of aryl methyl sites for hydroxylation is 1. The number of nitrogens with zero attached hydrogens (tertiary/aromatic N) is 2. The molecule has 2 heterocycles. The summed E-state index contributed by atoms with van der Waals surface area (Å²) in [5.74, 6) is 1.38. The van der Waals surface area contributed by atoms with E-state index < -0.39 is 0 Å². The molecule has 1 aliphatic rings. The zero-order valence-electron chi connectivity index (χ0n) is 18.6. The number of ether oxygens (including phenoxy) is 2. The minimum atomic E-state index is 0.0279. The Kier molecular flexibility index (Phi) is 6.35. The zero-order chi connectivity index (χ0) is 21.8. The van der Waals surface area contributed by atoms with Crippen molar-refractivity contribution >= 4 is 22.6 Å². The lowest BCUT2D eigenvalue weighted by Gasteiger charge is -2.36. The van der Waals surface area contributed by atoms with Gasteiger partial charge in [-0.1, -0.05) is 25.5 Å². The normalized spacial score (nSPS) is 14.4. The van der Waals surface area contributed by atoms with E-state index in [1.54, 1.807) is 7.11 Å². The molecule has 164 valence electrons. The van der Waals surface area contributed by atoms with Crippen LogP contribution >= 0.6 is 0 Å². The number of hydrogen-bond acceptors (Lipinski definition) is 3. The minimum absolute atomic E-state index is 0.0279. The number of aromatic nitrogens is 1. The van der Waals surface area contributed by atoms with Crippen molar-refractivity contribution in [1.29, 1.82) is 0 Å². The molecule has 0 saturated carbocycles. The second kappa shape index (κ2) is 9.33. The number of nitrogens with one attached hydrogen (secondary N) is 1. The third-order valence-corrected chi connectivity index (χ3v) is 5.91. The van der Waals surface area contributed by atoms with Gasteiger partial charge in [-0.25, -0.2) is 4.79 Å². The summed E-state index contributed by atoms with van der Waals surface area (Å²) in [7, 11) is 1.64. The van der Waals surface area contributed by atoms with Crippen LogP contribution in [0, 0.1) is 6.92 Å². The van der Waals surface area contributed by atoms with Crippen molar-refractivity contribution in [3.63, 3.8) is 0 Å². The Morgan fingerprint density at radius 1 is 1.10 bits per heavy atom. The van der Waals surface area contributed by atoms with Crippen molar-refractivity contribution in [2.75, 3.05) is 31.7 Å². The molecule has 3 aromatic rings. The Labute approximate surface area is 183 Å². The summed E-state index contributed by atoms with van der Waals surface area (Å²) in [6.07, 6.45) is 4.93. The molecule has 2 amide bonds. The zero-order valence-corrected chi connectivity index (χ0v) is 18.6. The van der Waals surface area contributed by atoms with Crippen LogP contribution in [-0.4, -0.2) is 42.7 Å². The first-order chi connectivity index (χ1) is 15.1. The van der Waals surface area contributed by atoms with Crippen LogP contribution < -0.4 is 14.4 Å². The first-order valence-electron chi connectivity index (χ1n) is 11.0. The van der Waals surface area contributed by atoms with E-state index in [-0.39, 0.29) is 6.03 Å². The van der Waals surface area contributed by atoms with Gasteiger partial charge in [0.2, 0.25) is 0 Å². The largest absolute Gasteiger partial charge is 0.493 e. The van der Waals surface area contributed by atoms with Crippen molar-refractivity contribution in [3.8, 4) is 11.5 Å². The average molecular weight is 422 g/mol. The third-order valence-electron chi connectivity index (χ3n) is 5.91. The molecule has 0 bridgehead atoms. The van der Waals surface area contributed by atoms with E-state index in [0.717, 1.165) is 42.6 Å². The molecule has 1 saturated heterocycles. The second-order valence-electron chi connectivity index (χ2n) is 8.05. The summed E-state index contributed by atoms with van der Waals surface area (Å²) in [5.41, 5.74) is 4.36. The van der Waals surface area contributed by atoms with Gasteiger partial charge in [0.25, 0.3) is 0 Å². The highest BCUT2D eigenvalue weighted by Gasteiger charge is 2.28. The molecular formula is C25H31N3O3. The van der Waals surface area contributed by atoms with Gasteiger partial charge < -0.3 is 19.4 Å². The number of carbonyl (C=O) groups excluding carboxylic acids is 1. The summed E-state index contributed by atoms with van der Waals surface area (Å²) in [4.78, 5) is 20.5. The molecular weight excluding hydrogens is 390 g/mol. The molecule has 0 spiro atoms. The van der Waals surface area contributed by atoms with Gasteiger partial charge in [0.05, 0.1) is 13.7 Å². The monoisotopic (exact) mass is 421 g/mol. The van der Waals surface area contributed by atoms with Crippen LogP contribution in [0.5, 0.6) is 11.5 Å². The standard InChI is InChI=1S/C25H31N3O3/c1-4-5-15-31-23-16-20(9-10-22(23)30-3)28-14-6-13-27(25(28)29)17-19-8-7-18(2)24-21(19)11-12-26-24/h7-12,16,26H,4-6,13-15,17H2,1-3H3. The molecule has 2 aromatic carbocycles. The molecule has 0 atom stereocenters. The molecule has 4 rings (SSSR count). The average Bonchev–Trinajstić information content (AvgIpc) is 3.28. The van der Waals surface area contributed by atoms with E-state index >= 15 is 0 Å². The van der Waals surface area contributed by atoms with Crippen LogP contribution in [-0.2, 0) is 6.54 Å².